The second kappa shape index (κ2) is 10.1. The van der Waals surface area contributed by atoms with Gasteiger partial charge in [-0.2, -0.15) is 5.10 Å². The first kappa shape index (κ1) is 20.2. The van der Waals surface area contributed by atoms with Crippen molar-refractivity contribution in [3.05, 3.63) is 53.6 Å². The van der Waals surface area contributed by atoms with Gasteiger partial charge in [0.05, 0.1) is 12.8 Å². The number of thiocarbonyl (C=S) groups is 1. The van der Waals surface area contributed by atoms with E-state index in [1.807, 2.05) is 38.1 Å². The van der Waals surface area contributed by atoms with Crippen molar-refractivity contribution in [1.29, 1.82) is 0 Å². The number of hydrogen-bond acceptors (Lipinski definition) is 5. The van der Waals surface area contributed by atoms with Gasteiger partial charge in [-0.3, -0.25) is 10.2 Å². The van der Waals surface area contributed by atoms with Crippen molar-refractivity contribution in [2.24, 2.45) is 10.8 Å². The maximum atomic E-state index is 12.1. The van der Waals surface area contributed by atoms with Crippen molar-refractivity contribution < 1.29 is 14.3 Å². The molecule has 2 rings (SSSR count). The Hall–Kier alpha value is -3.13. The van der Waals surface area contributed by atoms with Crippen LogP contribution in [0.5, 0.6) is 11.5 Å². The van der Waals surface area contributed by atoms with E-state index in [-0.39, 0.29) is 17.6 Å². The largest absolute Gasteiger partial charge is 0.490 e. The lowest BCUT2D eigenvalue weighted by atomic mass is 10.2. The number of hydrogen-bond donors (Lipinski definition) is 3. The molecule has 0 atom stereocenters. The third-order valence-electron chi connectivity index (χ3n) is 3.35. The van der Waals surface area contributed by atoms with Crippen molar-refractivity contribution in [2.75, 3.05) is 18.5 Å². The van der Waals surface area contributed by atoms with Gasteiger partial charge in [-0.05, 0) is 62.0 Å². The summed E-state index contributed by atoms with van der Waals surface area (Å²) in [7, 11) is 0. The summed E-state index contributed by atoms with van der Waals surface area (Å²) in [4.78, 5) is 12.1. The monoisotopic (exact) mass is 386 g/mol. The number of rotatable bonds is 8. The SMILES string of the molecule is CCOc1cc(/C=N\NC(N)=S)ccc1OCC(=O)Nc1ccc(C)cc1. The van der Waals surface area contributed by atoms with Gasteiger partial charge in [0.15, 0.2) is 23.2 Å². The maximum Gasteiger partial charge on any atom is 0.262 e. The average Bonchev–Trinajstić information content (AvgIpc) is 2.63. The van der Waals surface area contributed by atoms with E-state index in [0.717, 1.165) is 16.8 Å². The Morgan fingerprint density at radius 2 is 1.93 bits per heavy atom. The normalized spacial score (nSPS) is 10.4. The van der Waals surface area contributed by atoms with Crippen molar-refractivity contribution in [2.45, 2.75) is 13.8 Å². The molecule has 4 N–H and O–H groups in total. The molecule has 1 amide bonds. The van der Waals surface area contributed by atoms with Gasteiger partial charge in [0.1, 0.15) is 0 Å². The molecule has 2 aromatic carbocycles. The van der Waals surface area contributed by atoms with Crippen LogP contribution in [-0.2, 0) is 4.79 Å². The van der Waals surface area contributed by atoms with Crippen LogP contribution in [0.2, 0.25) is 0 Å². The molecule has 27 heavy (non-hydrogen) atoms. The Morgan fingerprint density at radius 3 is 2.59 bits per heavy atom. The summed E-state index contributed by atoms with van der Waals surface area (Å²) in [5, 5.41) is 6.76. The summed E-state index contributed by atoms with van der Waals surface area (Å²) in [5.41, 5.74) is 10.4. The summed E-state index contributed by atoms with van der Waals surface area (Å²) in [6, 6.07) is 12.8. The molecule has 0 radical (unpaired) electrons. The zero-order chi connectivity index (χ0) is 19.6. The number of amides is 1. The predicted octanol–water partition coefficient (Wildman–Crippen LogP) is 2.58. The van der Waals surface area contributed by atoms with Crippen molar-refractivity contribution in [3.63, 3.8) is 0 Å². The zero-order valence-electron chi connectivity index (χ0n) is 15.2. The van der Waals surface area contributed by atoms with Gasteiger partial charge in [0.25, 0.3) is 5.91 Å². The molecule has 0 unspecified atom stereocenters. The molecule has 0 spiro atoms. The van der Waals surface area contributed by atoms with E-state index in [9.17, 15) is 4.79 Å². The summed E-state index contributed by atoms with van der Waals surface area (Å²) >= 11 is 4.68. The van der Waals surface area contributed by atoms with Crippen LogP contribution in [0.3, 0.4) is 0 Å². The summed E-state index contributed by atoms with van der Waals surface area (Å²) < 4.78 is 11.2. The number of aryl methyl sites for hydroxylation is 1. The predicted molar refractivity (Wildman–Crippen MR) is 110 cm³/mol. The van der Waals surface area contributed by atoms with Crippen LogP contribution in [0.4, 0.5) is 5.69 Å². The zero-order valence-corrected chi connectivity index (χ0v) is 16.0. The topological polar surface area (TPSA) is 98.0 Å². The highest BCUT2D eigenvalue weighted by Crippen LogP contribution is 2.28. The highest BCUT2D eigenvalue weighted by molar-refractivity contribution is 7.80. The number of hydrazone groups is 1. The molecule has 7 nitrogen and oxygen atoms in total. The Kier molecular flexibility index (Phi) is 7.57. The van der Waals surface area contributed by atoms with Crippen LogP contribution < -0.4 is 25.9 Å². The molecular formula is C19H22N4O3S. The fourth-order valence-electron chi connectivity index (χ4n) is 2.14. The lowest BCUT2D eigenvalue weighted by Gasteiger charge is -2.12. The second-order valence-corrected chi connectivity index (χ2v) is 6.02. The van der Waals surface area contributed by atoms with Crippen LogP contribution in [0.15, 0.2) is 47.6 Å². The van der Waals surface area contributed by atoms with E-state index in [4.69, 9.17) is 15.2 Å². The highest BCUT2D eigenvalue weighted by Gasteiger charge is 2.09. The molecule has 8 heteroatoms. The lowest BCUT2D eigenvalue weighted by molar-refractivity contribution is -0.118. The first-order valence-electron chi connectivity index (χ1n) is 8.32. The number of carbonyl (C=O) groups is 1. The Bertz CT molecular complexity index is 822. The molecule has 2 aromatic rings. The quantitative estimate of drug-likeness (QED) is 0.366. The number of ether oxygens (including phenoxy) is 2. The maximum absolute atomic E-state index is 12.1. The van der Waals surface area contributed by atoms with E-state index in [0.29, 0.717) is 18.1 Å². The van der Waals surface area contributed by atoms with Crippen molar-refractivity contribution in [3.8, 4) is 11.5 Å². The first-order chi connectivity index (χ1) is 13.0. The van der Waals surface area contributed by atoms with Crippen LogP contribution in [0.25, 0.3) is 0 Å². The Balaban J connectivity index is 1.99. The number of anilines is 1. The van der Waals surface area contributed by atoms with Crippen LogP contribution in [0, 0.1) is 6.92 Å². The molecular weight excluding hydrogens is 364 g/mol. The highest BCUT2D eigenvalue weighted by atomic mass is 32.1. The minimum atomic E-state index is -0.257. The van der Waals surface area contributed by atoms with Gasteiger partial charge in [-0.25, -0.2) is 0 Å². The van der Waals surface area contributed by atoms with Gasteiger partial charge < -0.3 is 20.5 Å². The molecule has 0 heterocycles. The number of carbonyl (C=O) groups excluding carboxylic acids is 1. The van der Waals surface area contributed by atoms with E-state index >= 15 is 0 Å². The summed E-state index contributed by atoms with van der Waals surface area (Å²) in [6.45, 7) is 4.17. The second-order valence-electron chi connectivity index (χ2n) is 5.58. The Morgan fingerprint density at radius 1 is 1.19 bits per heavy atom. The Labute approximate surface area is 163 Å². The summed E-state index contributed by atoms with van der Waals surface area (Å²) in [6.07, 6.45) is 1.55. The fourth-order valence-corrected chi connectivity index (χ4v) is 2.19. The van der Waals surface area contributed by atoms with E-state index in [1.165, 1.54) is 0 Å². The third kappa shape index (κ3) is 6.95. The minimum absolute atomic E-state index is 0.0795. The first-order valence-corrected chi connectivity index (χ1v) is 8.73. The molecule has 0 saturated carbocycles. The van der Waals surface area contributed by atoms with Crippen LogP contribution >= 0.6 is 12.2 Å². The fraction of sp³-hybridized carbons (Fsp3) is 0.211. The number of nitrogens with one attached hydrogen (secondary N) is 2. The molecule has 0 bridgehead atoms. The van der Waals surface area contributed by atoms with Crippen LogP contribution in [-0.4, -0.2) is 30.4 Å². The van der Waals surface area contributed by atoms with Crippen molar-refractivity contribution >= 4 is 35.1 Å². The standard InChI is InChI=1S/C19H22N4O3S/c1-3-25-17-10-14(11-21-23-19(20)27)6-9-16(17)26-12-18(24)22-15-7-4-13(2)5-8-15/h4-11H,3,12H2,1-2H3,(H,22,24)(H3,20,23,27)/b21-11-. The van der Waals surface area contributed by atoms with Crippen molar-refractivity contribution in [1.82, 2.24) is 5.43 Å². The molecule has 0 aromatic heterocycles. The molecule has 0 saturated heterocycles. The van der Waals surface area contributed by atoms with Gasteiger partial charge in [-0.15, -0.1) is 0 Å². The molecule has 0 aliphatic heterocycles. The van der Waals surface area contributed by atoms with Gasteiger partial charge >= 0.3 is 0 Å². The molecule has 0 aliphatic rings. The average molecular weight is 386 g/mol. The van der Waals surface area contributed by atoms with E-state index in [1.54, 1.807) is 24.4 Å². The lowest BCUT2D eigenvalue weighted by Crippen LogP contribution is -2.24. The molecule has 142 valence electrons. The minimum Gasteiger partial charge on any atom is -0.490 e. The van der Waals surface area contributed by atoms with Gasteiger partial charge in [0, 0.05) is 5.69 Å². The molecule has 0 fully saturated rings. The van der Waals surface area contributed by atoms with E-state index < -0.39 is 0 Å². The third-order valence-corrected chi connectivity index (χ3v) is 3.44. The summed E-state index contributed by atoms with van der Waals surface area (Å²) in [5.74, 6) is 0.725. The number of benzene rings is 2. The smallest absolute Gasteiger partial charge is 0.262 e. The molecule has 0 aliphatic carbocycles. The van der Waals surface area contributed by atoms with Crippen LogP contribution in [0.1, 0.15) is 18.1 Å². The van der Waals surface area contributed by atoms with Gasteiger partial charge in [-0.1, -0.05) is 17.7 Å². The number of nitrogens with two attached hydrogens (primary N) is 1. The van der Waals surface area contributed by atoms with Gasteiger partial charge in [0.2, 0.25) is 0 Å². The number of nitrogens with zero attached hydrogens (tertiary/aromatic N) is 1. The van der Waals surface area contributed by atoms with E-state index in [2.05, 4.69) is 28.1 Å².